The van der Waals surface area contributed by atoms with Crippen LogP contribution in [0.15, 0.2) is 102 Å². The van der Waals surface area contributed by atoms with Crippen molar-refractivity contribution < 1.29 is 18.4 Å². The first-order valence-corrected chi connectivity index (χ1v) is 15.0. The zero-order valence-corrected chi connectivity index (χ0v) is 25.6. The molecule has 1 aliphatic heterocycles. The number of imidazole rings is 1. The summed E-state index contributed by atoms with van der Waals surface area (Å²) < 4.78 is 17.1. The number of azo groups is 1. The summed E-state index contributed by atoms with van der Waals surface area (Å²) in [6, 6.07) is 24.6. The predicted octanol–water partition coefficient (Wildman–Crippen LogP) is 7.64. The standard InChI is InChI=1S/C34H30ClN5O5/c1-3-4-10-29-38-31(35)30(33(41)43-19-28-21(2)44-34(42)45-28)40(29)18-22-11-13-24(14-12-22)27-17-25(23-8-6-5-7-9-23)15-16-26(27)32-36-20-37-39-32/h5-9,11-17H,3-4,10,18-20H2,1-2H3. The average molecular weight is 624 g/mol. The van der Waals surface area contributed by atoms with E-state index in [1.54, 1.807) is 11.5 Å². The number of aliphatic imine (C=N–C) groups is 1. The van der Waals surface area contributed by atoms with Crippen LogP contribution in [0.2, 0.25) is 5.15 Å². The molecule has 0 radical (unpaired) electrons. The minimum Gasteiger partial charge on any atom is -0.453 e. The Hall–Kier alpha value is -5.09. The Labute approximate surface area is 264 Å². The van der Waals surface area contributed by atoms with E-state index in [1.807, 2.05) is 48.5 Å². The van der Waals surface area contributed by atoms with E-state index in [0.717, 1.165) is 46.2 Å². The summed E-state index contributed by atoms with van der Waals surface area (Å²) >= 11 is 6.50. The molecule has 0 atom stereocenters. The fourth-order valence-corrected chi connectivity index (χ4v) is 5.47. The van der Waals surface area contributed by atoms with Crippen LogP contribution < -0.4 is 5.82 Å². The quantitative estimate of drug-likeness (QED) is 0.139. The first-order valence-electron chi connectivity index (χ1n) is 14.6. The second kappa shape index (κ2) is 13.3. The Balaban J connectivity index is 1.30. The fourth-order valence-electron chi connectivity index (χ4n) is 5.19. The molecule has 10 nitrogen and oxygen atoms in total. The van der Waals surface area contributed by atoms with Gasteiger partial charge in [-0.2, -0.15) is 5.11 Å². The SMILES string of the molecule is CCCCc1nc(Cl)c(C(=O)OCc2oc(=O)oc2C)n1Cc1ccc(-c2cc(-c3ccccc3)ccc2C2=NCN=N2)cc1. The molecule has 5 aromatic rings. The van der Waals surface area contributed by atoms with Gasteiger partial charge in [0.2, 0.25) is 0 Å². The molecule has 0 saturated heterocycles. The van der Waals surface area contributed by atoms with Gasteiger partial charge < -0.3 is 18.1 Å². The minimum absolute atomic E-state index is 0.0574. The maximum absolute atomic E-state index is 13.3. The van der Waals surface area contributed by atoms with Crippen molar-refractivity contribution in [3.05, 3.63) is 123 Å². The first-order chi connectivity index (χ1) is 21.9. The number of ether oxygens (including phenoxy) is 1. The summed E-state index contributed by atoms with van der Waals surface area (Å²) in [7, 11) is 0. The summed E-state index contributed by atoms with van der Waals surface area (Å²) in [6.45, 7) is 4.05. The van der Waals surface area contributed by atoms with Crippen molar-refractivity contribution in [2.75, 3.05) is 6.67 Å². The maximum Gasteiger partial charge on any atom is 0.519 e. The highest BCUT2D eigenvalue weighted by Crippen LogP contribution is 2.32. The Morgan fingerprint density at radius 3 is 2.44 bits per heavy atom. The highest BCUT2D eigenvalue weighted by atomic mass is 35.5. The van der Waals surface area contributed by atoms with Gasteiger partial charge in [-0.3, -0.25) is 0 Å². The Morgan fingerprint density at radius 1 is 0.978 bits per heavy atom. The largest absolute Gasteiger partial charge is 0.519 e. The molecule has 2 aromatic heterocycles. The lowest BCUT2D eigenvalue weighted by atomic mass is 9.93. The Morgan fingerprint density at radius 2 is 1.76 bits per heavy atom. The highest BCUT2D eigenvalue weighted by molar-refractivity contribution is 6.32. The maximum atomic E-state index is 13.3. The van der Waals surface area contributed by atoms with Crippen LogP contribution in [0.1, 0.15) is 58.7 Å². The monoisotopic (exact) mass is 623 g/mol. The number of rotatable bonds is 11. The molecule has 0 aliphatic carbocycles. The molecule has 0 amide bonds. The van der Waals surface area contributed by atoms with E-state index >= 15 is 0 Å². The summed E-state index contributed by atoms with van der Waals surface area (Å²) in [5.74, 6) is 0.145. The number of esters is 1. The molecule has 11 heteroatoms. The van der Waals surface area contributed by atoms with Crippen LogP contribution in [0.25, 0.3) is 22.3 Å². The molecular weight excluding hydrogens is 594 g/mol. The van der Waals surface area contributed by atoms with E-state index in [0.29, 0.717) is 31.3 Å². The van der Waals surface area contributed by atoms with Gasteiger partial charge in [0.15, 0.2) is 41.5 Å². The fraction of sp³-hybridized carbons (Fsp3) is 0.235. The van der Waals surface area contributed by atoms with Crippen molar-refractivity contribution in [2.24, 2.45) is 15.2 Å². The van der Waals surface area contributed by atoms with Gasteiger partial charge >= 0.3 is 11.8 Å². The number of amidine groups is 1. The zero-order chi connectivity index (χ0) is 31.3. The lowest BCUT2D eigenvalue weighted by molar-refractivity contribution is 0.0430. The van der Waals surface area contributed by atoms with Crippen LogP contribution in [-0.2, 0) is 24.3 Å². The van der Waals surface area contributed by atoms with Gasteiger partial charge in [0.05, 0.1) is 0 Å². The van der Waals surface area contributed by atoms with Crippen molar-refractivity contribution in [3.63, 3.8) is 0 Å². The van der Waals surface area contributed by atoms with Crippen LogP contribution >= 0.6 is 11.6 Å². The van der Waals surface area contributed by atoms with Crippen LogP contribution in [0, 0.1) is 6.92 Å². The predicted molar refractivity (Wildman–Crippen MR) is 170 cm³/mol. The second-order valence-corrected chi connectivity index (χ2v) is 10.9. The molecule has 0 unspecified atom stereocenters. The van der Waals surface area contributed by atoms with Crippen LogP contribution in [0.5, 0.6) is 0 Å². The molecule has 0 bridgehead atoms. The van der Waals surface area contributed by atoms with E-state index < -0.39 is 11.8 Å². The van der Waals surface area contributed by atoms with Crippen LogP contribution in [0.4, 0.5) is 0 Å². The minimum atomic E-state index is -0.855. The second-order valence-electron chi connectivity index (χ2n) is 10.6. The van der Waals surface area contributed by atoms with E-state index in [4.69, 9.17) is 25.2 Å². The molecular formula is C34H30ClN5O5. The lowest BCUT2D eigenvalue weighted by Crippen LogP contribution is -2.16. The van der Waals surface area contributed by atoms with Crippen LogP contribution in [-0.4, -0.2) is 28.0 Å². The molecule has 0 saturated carbocycles. The average Bonchev–Trinajstić information content (AvgIpc) is 3.78. The van der Waals surface area contributed by atoms with Crippen LogP contribution in [0.3, 0.4) is 0 Å². The van der Waals surface area contributed by atoms with E-state index in [-0.39, 0.29) is 29.0 Å². The topological polar surface area (TPSA) is 125 Å². The van der Waals surface area contributed by atoms with Gasteiger partial charge in [-0.1, -0.05) is 85.6 Å². The Bertz CT molecular complexity index is 1960. The summed E-state index contributed by atoms with van der Waals surface area (Å²) in [5.41, 5.74) is 6.15. The van der Waals surface area contributed by atoms with Gasteiger partial charge in [-0.25, -0.2) is 19.6 Å². The smallest absolute Gasteiger partial charge is 0.453 e. The third kappa shape index (κ3) is 6.56. The highest BCUT2D eigenvalue weighted by Gasteiger charge is 2.25. The number of carbonyl (C=O) groups is 1. The first kappa shape index (κ1) is 30.0. The molecule has 228 valence electrons. The number of hydrogen-bond acceptors (Lipinski definition) is 9. The number of aryl methyl sites for hydroxylation is 2. The van der Waals surface area contributed by atoms with Gasteiger partial charge in [0, 0.05) is 18.5 Å². The summed E-state index contributed by atoms with van der Waals surface area (Å²) in [5, 5.41) is 8.36. The number of benzene rings is 3. The number of carbonyl (C=O) groups excluding carboxylic acids is 1. The molecule has 45 heavy (non-hydrogen) atoms. The van der Waals surface area contributed by atoms with Gasteiger partial charge in [-0.15, -0.1) is 5.11 Å². The van der Waals surface area contributed by atoms with Crippen molar-refractivity contribution in [2.45, 2.75) is 46.3 Å². The normalized spacial score (nSPS) is 12.5. The molecule has 0 spiro atoms. The molecule has 1 aliphatic rings. The van der Waals surface area contributed by atoms with Gasteiger partial charge in [-0.05, 0) is 53.3 Å². The molecule has 0 fully saturated rings. The van der Waals surface area contributed by atoms with Gasteiger partial charge in [0.25, 0.3) is 0 Å². The van der Waals surface area contributed by atoms with Crippen molar-refractivity contribution >= 4 is 23.4 Å². The number of halogens is 1. The molecule has 0 N–H and O–H groups in total. The van der Waals surface area contributed by atoms with Crippen molar-refractivity contribution in [3.8, 4) is 22.3 Å². The lowest BCUT2D eigenvalue weighted by Gasteiger charge is -2.14. The number of unbranched alkanes of at least 4 members (excludes halogenated alkanes) is 1. The molecule has 3 heterocycles. The number of aromatic nitrogens is 2. The van der Waals surface area contributed by atoms with E-state index in [1.165, 1.54) is 0 Å². The van der Waals surface area contributed by atoms with Crippen molar-refractivity contribution in [1.29, 1.82) is 0 Å². The third-order valence-corrected chi connectivity index (χ3v) is 7.81. The molecule has 3 aromatic carbocycles. The summed E-state index contributed by atoms with van der Waals surface area (Å²) in [4.78, 5) is 33.6. The zero-order valence-electron chi connectivity index (χ0n) is 24.8. The van der Waals surface area contributed by atoms with Crippen molar-refractivity contribution in [1.82, 2.24) is 9.55 Å². The van der Waals surface area contributed by atoms with Gasteiger partial charge in [0.1, 0.15) is 5.82 Å². The number of hydrogen-bond donors (Lipinski definition) is 0. The summed E-state index contributed by atoms with van der Waals surface area (Å²) in [6.07, 6.45) is 2.47. The van der Waals surface area contributed by atoms with E-state index in [9.17, 15) is 9.59 Å². The number of nitrogens with zero attached hydrogens (tertiary/aromatic N) is 5. The molecule has 6 rings (SSSR count). The Kier molecular flexibility index (Phi) is 8.84. The van der Waals surface area contributed by atoms with E-state index in [2.05, 4.69) is 51.4 Å². The third-order valence-electron chi connectivity index (χ3n) is 7.54.